The van der Waals surface area contributed by atoms with Gasteiger partial charge in [-0.25, -0.2) is 0 Å². The van der Waals surface area contributed by atoms with Crippen molar-refractivity contribution in [2.45, 2.75) is 38.0 Å². The Kier molecular flexibility index (Phi) is 6.39. The molecule has 2 aromatic rings. The number of benzene rings is 1. The third kappa shape index (κ3) is 5.65. The molecule has 0 aliphatic carbocycles. The van der Waals surface area contributed by atoms with Crippen molar-refractivity contribution < 1.29 is 23.1 Å². The SMILES string of the molecule is O=C(O)CCC(Cc1ccccc1)NCc1cscc1C(F)(F)F. The summed E-state index contributed by atoms with van der Waals surface area (Å²) in [6.07, 6.45) is -3.47. The number of rotatable bonds is 8. The minimum Gasteiger partial charge on any atom is -0.481 e. The van der Waals surface area contributed by atoms with Gasteiger partial charge in [0, 0.05) is 24.4 Å². The van der Waals surface area contributed by atoms with Crippen molar-refractivity contribution in [3.8, 4) is 0 Å². The van der Waals surface area contributed by atoms with Crippen LogP contribution < -0.4 is 5.32 Å². The van der Waals surface area contributed by atoms with Gasteiger partial charge < -0.3 is 10.4 Å². The van der Waals surface area contributed by atoms with Crippen molar-refractivity contribution in [1.82, 2.24) is 5.32 Å². The number of alkyl halides is 3. The molecule has 1 aromatic heterocycles. The fourth-order valence-electron chi connectivity index (χ4n) is 2.44. The molecule has 0 saturated heterocycles. The number of carboxylic acids is 1. The number of halogens is 3. The molecule has 0 bridgehead atoms. The minimum atomic E-state index is -4.37. The minimum absolute atomic E-state index is 0.0275. The van der Waals surface area contributed by atoms with Crippen LogP contribution in [0.25, 0.3) is 0 Å². The largest absolute Gasteiger partial charge is 0.481 e. The topological polar surface area (TPSA) is 49.3 Å². The first-order valence-corrected chi connectivity index (χ1v) is 8.42. The first kappa shape index (κ1) is 18.5. The number of carboxylic acid groups (broad SMARTS) is 1. The van der Waals surface area contributed by atoms with E-state index in [0.717, 1.165) is 22.3 Å². The van der Waals surface area contributed by atoms with Gasteiger partial charge in [-0.15, -0.1) is 0 Å². The van der Waals surface area contributed by atoms with Crippen molar-refractivity contribution in [3.05, 3.63) is 57.8 Å². The summed E-state index contributed by atoms with van der Waals surface area (Å²) in [7, 11) is 0. The van der Waals surface area contributed by atoms with E-state index in [-0.39, 0.29) is 24.6 Å². The van der Waals surface area contributed by atoms with Crippen LogP contribution in [0.3, 0.4) is 0 Å². The molecule has 0 fully saturated rings. The molecule has 0 amide bonds. The predicted octanol–water partition coefficient (Wildman–Crippen LogP) is 4.33. The molecule has 2 N–H and O–H groups in total. The van der Waals surface area contributed by atoms with Crippen LogP contribution in [0.4, 0.5) is 13.2 Å². The van der Waals surface area contributed by atoms with Crippen LogP contribution in [-0.4, -0.2) is 17.1 Å². The average Bonchev–Trinajstić information content (AvgIpc) is 2.99. The maximum Gasteiger partial charge on any atom is 0.417 e. The van der Waals surface area contributed by atoms with Crippen molar-refractivity contribution in [2.75, 3.05) is 0 Å². The van der Waals surface area contributed by atoms with Gasteiger partial charge in [0.25, 0.3) is 0 Å². The summed E-state index contributed by atoms with van der Waals surface area (Å²) < 4.78 is 38.7. The van der Waals surface area contributed by atoms with Crippen molar-refractivity contribution in [1.29, 1.82) is 0 Å². The van der Waals surface area contributed by atoms with E-state index in [4.69, 9.17) is 5.11 Å². The van der Waals surface area contributed by atoms with E-state index in [1.807, 2.05) is 30.3 Å². The van der Waals surface area contributed by atoms with E-state index in [0.29, 0.717) is 12.8 Å². The first-order chi connectivity index (χ1) is 11.4. The highest BCUT2D eigenvalue weighted by Gasteiger charge is 2.33. The Balaban J connectivity index is 2.02. The summed E-state index contributed by atoms with van der Waals surface area (Å²) in [6.45, 7) is 0.0649. The van der Waals surface area contributed by atoms with Gasteiger partial charge in [0.15, 0.2) is 0 Å². The molecule has 7 heteroatoms. The number of hydrogen-bond acceptors (Lipinski definition) is 3. The molecule has 0 aliphatic rings. The van der Waals surface area contributed by atoms with Crippen molar-refractivity contribution >= 4 is 17.3 Å². The third-order valence-electron chi connectivity index (χ3n) is 3.66. The second-order valence-corrected chi connectivity index (χ2v) is 6.25. The van der Waals surface area contributed by atoms with E-state index in [1.165, 1.54) is 5.38 Å². The zero-order valence-electron chi connectivity index (χ0n) is 12.8. The van der Waals surface area contributed by atoms with E-state index in [2.05, 4.69) is 5.32 Å². The molecule has 3 nitrogen and oxygen atoms in total. The molecule has 130 valence electrons. The standard InChI is InChI=1S/C17H18F3NO2S/c18-17(19,20)15-11-24-10-13(15)9-21-14(6-7-16(22)23)8-12-4-2-1-3-5-12/h1-5,10-11,14,21H,6-9H2,(H,22,23). The lowest BCUT2D eigenvalue weighted by atomic mass is 10.0. The Bertz CT molecular complexity index is 655. The molecule has 2 rings (SSSR count). The summed E-state index contributed by atoms with van der Waals surface area (Å²) in [6, 6.07) is 9.27. The number of thiophene rings is 1. The zero-order valence-corrected chi connectivity index (χ0v) is 13.7. The van der Waals surface area contributed by atoms with Crippen LogP contribution in [0, 0.1) is 0 Å². The lowest BCUT2D eigenvalue weighted by Gasteiger charge is -2.19. The smallest absolute Gasteiger partial charge is 0.417 e. The summed E-state index contributed by atoms with van der Waals surface area (Å²) in [4.78, 5) is 10.8. The summed E-state index contributed by atoms with van der Waals surface area (Å²) in [5, 5.41) is 14.5. The maximum atomic E-state index is 12.9. The normalized spacial score (nSPS) is 13.0. The Morgan fingerprint density at radius 2 is 1.92 bits per heavy atom. The Labute approximate surface area is 142 Å². The van der Waals surface area contributed by atoms with Gasteiger partial charge in [-0.1, -0.05) is 30.3 Å². The number of nitrogens with one attached hydrogen (secondary N) is 1. The number of hydrogen-bond donors (Lipinski definition) is 2. The molecule has 0 saturated carbocycles. The van der Waals surface area contributed by atoms with Crippen LogP contribution in [-0.2, 0) is 23.9 Å². The second-order valence-electron chi connectivity index (χ2n) is 5.51. The van der Waals surface area contributed by atoms with Crippen LogP contribution >= 0.6 is 11.3 Å². The molecule has 1 atom stereocenters. The first-order valence-electron chi connectivity index (χ1n) is 7.47. The van der Waals surface area contributed by atoms with Crippen LogP contribution in [0.15, 0.2) is 41.1 Å². The molecule has 0 spiro atoms. The second kappa shape index (κ2) is 8.30. The third-order valence-corrected chi connectivity index (χ3v) is 4.45. The van der Waals surface area contributed by atoms with Gasteiger partial charge in [0.05, 0.1) is 5.56 Å². The maximum absolute atomic E-state index is 12.9. The van der Waals surface area contributed by atoms with Gasteiger partial charge in [0.2, 0.25) is 0 Å². The highest BCUT2D eigenvalue weighted by atomic mass is 32.1. The van der Waals surface area contributed by atoms with Gasteiger partial charge in [-0.05, 0) is 29.3 Å². The Morgan fingerprint density at radius 1 is 1.21 bits per heavy atom. The summed E-state index contributed by atoms with van der Waals surface area (Å²) >= 11 is 1.01. The Morgan fingerprint density at radius 3 is 2.54 bits per heavy atom. The molecule has 1 aromatic carbocycles. The highest BCUT2D eigenvalue weighted by Crippen LogP contribution is 2.34. The lowest BCUT2D eigenvalue weighted by molar-refractivity contribution is -0.138. The van der Waals surface area contributed by atoms with E-state index in [9.17, 15) is 18.0 Å². The molecule has 24 heavy (non-hydrogen) atoms. The molecule has 0 radical (unpaired) electrons. The van der Waals surface area contributed by atoms with E-state index >= 15 is 0 Å². The molecular formula is C17H18F3NO2S. The summed E-state index contributed by atoms with van der Waals surface area (Å²) in [5.74, 6) is -0.915. The fourth-order valence-corrected chi connectivity index (χ4v) is 3.30. The lowest BCUT2D eigenvalue weighted by Crippen LogP contribution is -2.32. The highest BCUT2D eigenvalue weighted by molar-refractivity contribution is 7.08. The van der Waals surface area contributed by atoms with E-state index in [1.54, 1.807) is 0 Å². The molecule has 1 heterocycles. The van der Waals surface area contributed by atoms with Crippen molar-refractivity contribution in [2.24, 2.45) is 0 Å². The monoisotopic (exact) mass is 357 g/mol. The number of aliphatic carboxylic acids is 1. The van der Waals surface area contributed by atoms with Gasteiger partial charge in [0.1, 0.15) is 0 Å². The van der Waals surface area contributed by atoms with Crippen LogP contribution in [0.1, 0.15) is 29.5 Å². The molecule has 0 aliphatic heterocycles. The fraction of sp³-hybridized carbons (Fsp3) is 0.353. The van der Waals surface area contributed by atoms with Gasteiger partial charge in [-0.2, -0.15) is 24.5 Å². The predicted molar refractivity (Wildman–Crippen MR) is 87.0 cm³/mol. The van der Waals surface area contributed by atoms with Crippen LogP contribution in [0.2, 0.25) is 0 Å². The van der Waals surface area contributed by atoms with Gasteiger partial charge >= 0.3 is 12.1 Å². The van der Waals surface area contributed by atoms with E-state index < -0.39 is 17.7 Å². The van der Waals surface area contributed by atoms with Gasteiger partial charge in [-0.3, -0.25) is 4.79 Å². The molecule has 1 unspecified atom stereocenters. The average molecular weight is 357 g/mol. The van der Waals surface area contributed by atoms with Crippen molar-refractivity contribution in [3.63, 3.8) is 0 Å². The Hall–Kier alpha value is -1.86. The zero-order chi connectivity index (χ0) is 17.6. The number of carbonyl (C=O) groups is 1. The van der Waals surface area contributed by atoms with Crippen LogP contribution in [0.5, 0.6) is 0 Å². The summed E-state index contributed by atoms with van der Waals surface area (Å²) in [5.41, 5.74) is 0.583. The molecular weight excluding hydrogens is 339 g/mol. The quantitative estimate of drug-likeness (QED) is 0.739.